The first-order valence-corrected chi connectivity index (χ1v) is 10.3. The largest absolute Gasteiger partial charge is 0.449 e. The van der Waals surface area contributed by atoms with Crippen LogP contribution in [0.3, 0.4) is 0 Å². The second-order valence-electron chi connectivity index (χ2n) is 7.01. The van der Waals surface area contributed by atoms with Gasteiger partial charge < -0.3 is 15.2 Å². The number of benzene rings is 2. The van der Waals surface area contributed by atoms with Crippen LogP contribution in [-0.4, -0.2) is 35.4 Å². The molecule has 0 saturated carbocycles. The fraction of sp³-hybridized carbons (Fsp3) is 0.217. The van der Waals surface area contributed by atoms with Gasteiger partial charge in [-0.15, -0.1) is 0 Å². The van der Waals surface area contributed by atoms with Crippen LogP contribution in [0.15, 0.2) is 71.3 Å². The number of aliphatic hydroxyl groups excluding tert-OH is 1. The third-order valence-corrected chi connectivity index (χ3v) is 5.56. The van der Waals surface area contributed by atoms with Crippen LogP contribution in [0.2, 0.25) is 0 Å². The second-order valence-corrected chi connectivity index (χ2v) is 7.82. The van der Waals surface area contributed by atoms with E-state index in [1.807, 2.05) is 42.5 Å². The number of aromatic nitrogens is 1. The average Bonchev–Trinajstić information content (AvgIpc) is 3.06. The van der Waals surface area contributed by atoms with Gasteiger partial charge in [-0.2, -0.15) is 0 Å². The smallest absolute Gasteiger partial charge is 0.407 e. The molecule has 0 aliphatic heterocycles. The molecular formula is C23H21BrN2O3. The van der Waals surface area contributed by atoms with Crippen molar-refractivity contribution in [3.63, 3.8) is 0 Å². The summed E-state index contributed by atoms with van der Waals surface area (Å²) in [6.45, 7) is 0.0472. The molecule has 1 aromatic heterocycles. The van der Waals surface area contributed by atoms with Gasteiger partial charge in [0.2, 0.25) is 0 Å². The van der Waals surface area contributed by atoms with Gasteiger partial charge in [-0.25, -0.2) is 9.78 Å². The number of nitrogens with zero attached hydrogens (tertiary/aromatic N) is 1. The first-order chi connectivity index (χ1) is 14.2. The Hall–Kier alpha value is -2.70. The Labute approximate surface area is 177 Å². The number of carbonyl (C=O) groups excluding carboxylic acids is 1. The number of alkyl carbamates (subject to hydrolysis) is 1. The van der Waals surface area contributed by atoms with Crippen LogP contribution in [0.4, 0.5) is 4.79 Å². The Morgan fingerprint density at radius 3 is 2.31 bits per heavy atom. The molecule has 2 aromatic carbocycles. The number of ether oxygens (including phenoxy) is 1. The number of pyridine rings is 1. The second kappa shape index (κ2) is 8.76. The fourth-order valence-corrected chi connectivity index (χ4v) is 4.16. The molecule has 1 amide bonds. The lowest BCUT2D eigenvalue weighted by atomic mass is 9.98. The molecule has 2 N–H and O–H groups in total. The SMILES string of the molecule is O=C(NC(CO)Cc1cccc(Br)n1)OCC1c2ccccc2-c2ccccc21. The fourth-order valence-electron chi connectivity index (χ4n) is 3.78. The molecule has 6 heteroatoms. The van der Waals surface area contributed by atoms with Crippen molar-refractivity contribution in [1.82, 2.24) is 10.3 Å². The van der Waals surface area contributed by atoms with E-state index in [9.17, 15) is 9.90 Å². The number of carbonyl (C=O) groups is 1. The number of fused-ring (bicyclic) bond motifs is 3. The Morgan fingerprint density at radius 1 is 1.03 bits per heavy atom. The van der Waals surface area contributed by atoms with E-state index in [0.29, 0.717) is 11.0 Å². The molecule has 1 atom stereocenters. The minimum Gasteiger partial charge on any atom is -0.449 e. The Kier molecular flexibility index (Phi) is 5.92. The standard InChI is InChI=1S/C23H21BrN2O3/c24-22-11-5-6-15(25-22)12-16(13-27)26-23(28)29-14-21-19-9-3-1-7-17(19)18-8-2-4-10-20(18)21/h1-11,16,21,27H,12-14H2,(H,26,28). The van der Waals surface area contributed by atoms with E-state index in [2.05, 4.69) is 50.5 Å². The Balaban J connectivity index is 1.40. The zero-order valence-corrected chi connectivity index (χ0v) is 17.3. The summed E-state index contributed by atoms with van der Waals surface area (Å²) < 4.78 is 6.26. The minimum absolute atomic E-state index is 0.00692. The molecule has 3 aromatic rings. The maximum atomic E-state index is 12.4. The van der Waals surface area contributed by atoms with Crippen LogP contribution < -0.4 is 5.32 Å². The number of hydrogen-bond acceptors (Lipinski definition) is 4. The van der Waals surface area contributed by atoms with Crippen LogP contribution in [0.25, 0.3) is 11.1 Å². The van der Waals surface area contributed by atoms with Crippen LogP contribution in [0.1, 0.15) is 22.7 Å². The first-order valence-electron chi connectivity index (χ1n) is 9.49. The molecule has 1 aliphatic rings. The molecule has 0 bridgehead atoms. The zero-order chi connectivity index (χ0) is 20.2. The Morgan fingerprint density at radius 2 is 1.69 bits per heavy atom. The molecule has 1 aliphatic carbocycles. The summed E-state index contributed by atoms with van der Waals surface area (Å²) in [5, 5.41) is 12.4. The quantitative estimate of drug-likeness (QED) is 0.547. The minimum atomic E-state index is -0.541. The Bertz CT molecular complexity index is 979. The van der Waals surface area contributed by atoms with Crippen molar-refractivity contribution in [2.45, 2.75) is 18.4 Å². The number of rotatable bonds is 6. The summed E-state index contributed by atoms with van der Waals surface area (Å²) in [6.07, 6.45) is -0.124. The van der Waals surface area contributed by atoms with E-state index in [1.54, 1.807) is 0 Å². The van der Waals surface area contributed by atoms with Crippen LogP contribution >= 0.6 is 15.9 Å². The molecular weight excluding hydrogens is 432 g/mol. The van der Waals surface area contributed by atoms with Gasteiger partial charge in [0.1, 0.15) is 11.2 Å². The van der Waals surface area contributed by atoms with E-state index in [1.165, 1.54) is 22.3 Å². The maximum absolute atomic E-state index is 12.4. The van der Waals surface area contributed by atoms with Crippen molar-refractivity contribution < 1.29 is 14.6 Å². The summed E-state index contributed by atoms with van der Waals surface area (Å²) in [5.74, 6) is 0.00692. The van der Waals surface area contributed by atoms with Gasteiger partial charge in [0.05, 0.1) is 12.6 Å². The molecule has 0 fully saturated rings. The lowest BCUT2D eigenvalue weighted by molar-refractivity contribution is 0.132. The zero-order valence-electron chi connectivity index (χ0n) is 15.7. The molecule has 29 heavy (non-hydrogen) atoms. The highest BCUT2D eigenvalue weighted by Gasteiger charge is 2.29. The summed E-state index contributed by atoms with van der Waals surface area (Å²) in [4.78, 5) is 16.7. The van der Waals surface area contributed by atoms with Gasteiger partial charge in [-0.1, -0.05) is 54.6 Å². The number of amides is 1. The maximum Gasteiger partial charge on any atom is 0.407 e. The number of aliphatic hydroxyl groups is 1. The van der Waals surface area contributed by atoms with Crippen molar-refractivity contribution in [1.29, 1.82) is 0 Å². The van der Waals surface area contributed by atoms with Crippen LogP contribution in [0.5, 0.6) is 0 Å². The molecule has 148 valence electrons. The molecule has 5 nitrogen and oxygen atoms in total. The number of hydrogen-bond donors (Lipinski definition) is 2. The summed E-state index contributed by atoms with van der Waals surface area (Å²) >= 11 is 3.33. The number of nitrogens with one attached hydrogen (secondary N) is 1. The van der Waals surface area contributed by atoms with Gasteiger partial charge in [0, 0.05) is 18.0 Å². The van der Waals surface area contributed by atoms with Gasteiger partial charge in [0.25, 0.3) is 0 Å². The molecule has 1 unspecified atom stereocenters. The van der Waals surface area contributed by atoms with Gasteiger partial charge in [0.15, 0.2) is 0 Å². The van der Waals surface area contributed by atoms with Crippen molar-refractivity contribution in [3.05, 3.63) is 88.2 Å². The van der Waals surface area contributed by atoms with E-state index in [-0.39, 0.29) is 19.1 Å². The summed E-state index contributed by atoms with van der Waals surface area (Å²) in [6, 6.07) is 21.5. The molecule has 0 spiro atoms. The first kappa shape index (κ1) is 19.6. The van der Waals surface area contributed by atoms with E-state index in [4.69, 9.17) is 4.74 Å². The molecule has 0 saturated heterocycles. The highest BCUT2D eigenvalue weighted by molar-refractivity contribution is 9.10. The predicted molar refractivity (Wildman–Crippen MR) is 115 cm³/mol. The van der Waals surface area contributed by atoms with Gasteiger partial charge >= 0.3 is 6.09 Å². The van der Waals surface area contributed by atoms with E-state index < -0.39 is 12.1 Å². The molecule has 4 rings (SSSR count). The van der Waals surface area contributed by atoms with E-state index >= 15 is 0 Å². The lowest BCUT2D eigenvalue weighted by Gasteiger charge is -2.18. The highest BCUT2D eigenvalue weighted by atomic mass is 79.9. The number of halogens is 1. The van der Waals surface area contributed by atoms with Crippen molar-refractivity contribution in [2.75, 3.05) is 13.2 Å². The molecule has 1 heterocycles. The normalized spacial score (nSPS) is 13.4. The van der Waals surface area contributed by atoms with Gasteiger partial charge in [-0.05, 0) is 50.3 Å². The van der Waals surface area contributed by atoms with E-state index in [0.717, 1.165) is 5.69 Å². The lowest BCUT2D eigenvalue weighted by Crippen LogP contribution is -2.40. The third-order valence-electron chi connectivity index (χ3n) is 5.11. The highest BCUT2D eigenvalue weighted by Crippen LogP contribution is 2.44. The van der Waals surface area contributed by atoms with Crippen molar-refractivity contribution in [2.24, 2.45) is 0 Å². The third kappa shape index (κ3) is 4.33. The van der Waals surface area contributed by atoms with Gasteiger partial charge in [-0.3, -0.25) is 0 Å². The topological polar surface area (TPSA) is 71.5 Å². The van der Waals surface area contributed by atoms with Crippen LogP contribution in [-0.2, 0) is 11.2 Å². The summed E-state index contributed by atoms with van der Waals surface area (Å²) in [5.41, 5.74) is 5.48. The molecule has 0 radical (unpaired) electrons. The average molecular weight is 453 g/mol. The monoisotopic (exact) mass is 452 g/mol. The predicted octanol–water partition coefficient (Wildman–Crippen LogP) is 4.29. The van der Waals surface area contributed by atoms with Crippen molar-refractivity contribution >= 4 is 22.0 Å². The van der Waals surface area contributed by atoms with Crippen LogP contribution in [0, 0.1) is 0 Å². The van der Waals surface area contributed by atoms with Crippen molar-refractivity contribution in [3.8, 4) is 11.1 Å². The summed E-state index contributed by atoms with van der Waals surface area (Å²) in [7, 11) is 0.